The van der Waals surface area contributed by atoms with Gasteiger partial charge in [0, 0.05) is 5.69 Å². The topological polar surface area (TPSA) is 12.9 Å². The average Bonchev–Trinajstić information content (AvgIpc) is 2.07. The van der Waals surface area contributed by atoms with Gasteiger partial charge in [-0.1, -0.05) is 13.0 Å². The first-order chi connectivity index (χ1) is 5.77. The lowest BCUT2D eigenvalue weighted by atomic mass is 9.88. The van der Waals surface area contributed by atoms with Crippen LogP contribution in [0.2, 0.25) is 0 Å². The lowest BCUT2D eigenvalue weighted by Crippen LogP contribution is -2.09. The number of pyridine rings is 1. The molecule has 1 nitrogen and oxygen atoms in total. The molecule has 0 amide bonds. The molecule has 0 saturated heterocycles. The minimum absolute atomic E-state index is 0.645. The van der Waals surface area contributed by atoms with E-state index in [1.807, 2.05) is 6.07 Å². The van der Waals surface area contributed by atoms with Crippen molar-refractivity contribution in [2.75, 3.05) is 0 Å². The normalized spacial score (nSPS) is 22.0. The van der Waals surface area contributed by atoms with Crippen molar-refractivity contribution in [2.45, 2.75) is 32.1 Å². The van der Waals surface area contributed by atoms with Gasteiger partial charge in [-0.2, -0.15) is 0 Å². The molecule has 0 radical (unpaired) electrons. The van der Waals surface area contributed by atoms with Crippen molar-refractivity contribution in [1.82, 2.24) is 4.98 Å². The molecule has 2 rings (SSSR count). The average molecular weight is 226 g/mol. The monoisotopic (exact) mass is 225 g/mol. The molecule has 1 aliphatic rings. The number of rotatable bonds is 0. The molecule has 0 aromatic carbocycles. The maximum Gasteiger partial charge on any atom is 0.106 e. The predicted octanol–water partition coefficient (Wildman–Crippen LogP) is 3.28. The molecule has 1 heterocycles. The molecule has 0 fully saturated rings. The van der Waals surface area contributed by atoms with Gasteiger partial charge in [-0.25, -0.2) is 4.98 Å². The minimum Gasteiger partial charge on any atom is -0.245 e. The van der Waals surface area contributed by atoms with Crippen LogP contribution in [0.1, 0.15) is 36.9 Å². The maximum atomic E-state index is 4.51. The van der Waals surface area contributed by atoms with Crippen molar-refractivity contribution in [3.63, 3.8) is 0 Å². The third-order valence-electron chi connectivity index (χ3n) is 2.53. The van der Waals surface area contributed by atoms with Crippen LogP contribution in [-0.2, 0) is 6.42 Å². The maximum absolute atomic E-state index is 4.51. The molecular formula is C10H12BrN. The second kappa shape index (κ2) is 3.17. The lowest BCUT2D eigenvalue weighted by Gasteiger charge is -2.20. The van der Waals surface area contributed by atoms with Crippen molar-refractivity contribution in [1.29, 1.82) is 0 Å². The van der Waals surface area contributed by atoms with Crippen LogP contribution >= 0.6 is 15.9 Å². The standard InChI is InChI=1S/C10H12BrN/c1-7-3-2-4-8-5-6-9(11)12-10(7)8/h5-7H,2-4H2,1H3/t7-/m1/s1. The van der Waals surface area contributed by atoms with E-state index in [0.29, 0.717) is 5.92 Å². The van der Waals surface area contributed by atoms with Gasteiger partial charge >= 0.3 is 0 Å². The third kappa shape index (κ3) is 1.40. The van der Waals surface area contributed by atoms with Crippen LogP contribution in [0.5, 0.6) is 0 Å². The molecule has 0 bridgehead atoms. The van der Waals surface area contributed by atoms with Crippen LogP contribution in [-0.4, -0.2) is 4.98 Å². The van der Waals surface area contributed by atoms with Gasteiger partial charge in [-0.05, 0) is 52.7 Å². The summed E-state index contributed by atoms with van der Waals surface area (Å²) in [5, 5.41) is 0. The number of hydrogen-bond acceptors (Lipinski definition) is 1. The van der Waals surface area contributed by atoms with E-state index in [2.05, 4.69) is 33.9 Å². The highest BCUT2D eigenvalue weighted by molar-refractivity contribution is 9.10. The van der Waals surface area contributed by atoms with Crippen LogP contribution in [0.15, 0.2) is 16.7 Å². The summed E-state index contributed by atoms with van der Waals surface area (Å²) >= 11 is 3.41. The van der Waals surface area contributed by atoms with Crippen LogP contribution in [0, 0.1) is 0 Å². The van der Waals surface area contributed by atoms with Gasteiger partial charge in [0.05, 0.1) is 0 Å². The largest absolute Gasteiger partial charge is 0.245 e. The first-order valence-corrected chi connectivity index (χ1v) is 5.22. The lowest BCUT2D eigenvalue weighted by molar-refractivity contribution is 0.572. The van der Waals surface area contributed by atoms with Gasteiger partial charge in [-0.3, -0.25) is 0 Å². The molecule has 0 aliphatic heterocycles. The molecule has 12 heavy (non-hydrogen) atoms. The molecule has 1 aliphatic carbocycles. The van der Waals surface area contributed by atoms with E-state index in [4.69, 9.17) is 0 Å². The summed E-state index contributed by atoms with van der Waals surface area (Å²) in [5.74, 6) is 0.645. The number of aromatic nitrogens is 1. The zero-order valence-corrected chi connectivity index (χ0v) is 8.76. The van der Waals surface area contributed by atoms with Crippen molar-refractivity contribution >= 4 is 15.9 Å². The summed E-state index contributed by atoms with van der Waals surface area (Å²) < 4.78 is 0.968. The molecule has 1 aromatic rings. The Morgan fingerprint density at radius 3 is 3.17 bits per heavy atom. The first-order valence-electron chi connectivity index (χ1n) is 4.42. The van der Waals surface area contributed by atoms with E-state index in [-0.39, 0.29) is 0 Å². The second-order valence-corrected chi connectivity index (χ2v) is 4.28. The summed E-state index contributed by atoms with van der Waals surface area (Å²) in [6.07, 6.45) is 3.81. The van der Waals surface area contributed by atoms with Gasteiger partial charge in [0.15, 0.2) is 0 Å². The highest BCUT2D eigenvalue weighted by Crippen LogP contribution is 2.30. The number of nitrogens with zero attached hydrogens (tertiary/aromatic N) is 1. The smallest absolute Gasteiger partial charge is 0.106 e. The molecule has 0 N–H and O–H groups in total. The quantitative estimate of drug-likeness (QED) is 0.618. The SMILES string of the molecule is C[C@@H]1CCCc2ccc(Br)nc21. The Balaban J connectivity index is 2.47. The molecule has 1 aromatic heterocycles. The van der Waals surface area contributed by atoms with Gasteiger partial charge in [0.1, 0.15) is 4.60 Å². The van der Waals surface area contributed by atoms with E-state index in [1.165, 1.54) is 30.5 Å². The summed E-state index contributed by atoms with van der Waals surface area (Å²) in [6, 6.07) is 4.24. The Morgan fingerprint density at radius 2 is 2.33 bits per heavy atom. The van der Waals surface area contributed by atoms with Crippen LogP contribution in [0.3, 0.4) is 0 Å². The number of aryl methyl sites for hydroxylation is 1. The fourth-order valence-corrected chi connectivity index (χ4v) is 2.18. The first kappa shape index (κ1) is 8.24. The molecule has 1 atom stereocenters. The minimum atomic E-state index is 0.645. The summed E-state index contributed by atoms with van der Waals surface area (Å²) in [7, 11) is 0. The predicted molar refractivity (Wildman–Crippen MR) is 53.3 cm³/mol. The number of fused-ring (bicyclic) bond motifs is 1. The second-order valence-electron chi connectivity index (χ2n) is 3.47. The fraction of sp³-hybridized carbons (Fsp3) is 0.500. The third-order valence-corrected chi connectivity index (χ3v) is 2.97. The van der Waals surface area contributed by atoms with Crippen molar-refractivity contribution in [3.05, 3.63) is 28.0 Å². The number of hydrogen-bond donors (Lipinski definition) is 0. The van der Waals surface area contributed by atoms with E-state index in [0.717, 1.165) is 4.60 Å². The zero-order valence-electron chi connectivity index (χ0n) is 7.18. The van der Waals surface area contributed by atoms with E-state index < -0.39 is 0 Å². The highest BCUT2D eigenvalue weighted by atomic mass is 79.9. The van der Waals surface area contributed by atoms with Crippen molar-refractivity contribution in [3.8, 4) is 0 Å². The molecule has 0 saturated carbocycles. The van der Waals surface area contributed by atoms with Crippen molar-refractivity contribution in [2.24, 2.45) is 0 Å². The fourth-order valence-electron chi connectivity index (χ4n) is 1.85. The van der Waals surface area contributed by atoms with E-state index in [1.54, 1.807) is 0 Å². The highest BCUT2D eigenvalue weighted by Gasteiger charge is 2.17. The van der Waals surface area contributed by atoms with E-state index in [9.17, 15) is 0 Å². The zero-order chi connectivity index (χ0) is 8.55. The van der Waals surface area contributed by atoms with E-state index >= 15 is 0 Å². The molecule has 0 spiro atoms. The van der Waals surface area contributed by atoms with Crippen LogP contribution in [0.4, 0.5) is 0 Å². The Hall–Kier alpha value is -0.370. The number of halogens is 1. The molecule has 64 valence electrons. The van der Waals surface area contributed by atoms with Crippen LogP contribution in [0.25, 0.3) is 0 Å². The summed E-state index contributed by atoms with van der Waals surface area (Å²) in [4.78, 5) is 4.51. The molecule has 0 unspecified atom stereocenters. The molecular weight excluding hydrogens is 214 g/mol. The Kier molecular flexibility index (Phi) is 2.18. The van der Waals surface area contributed by atoms with Crippen molar-refractivity contribution < 1.29 is 0 Å². The van der Waals surface area contributed by atoms with Gasteiger partial charge in [-0.15, -0.1) is 0 Å². The van der Waals surface area contributed by atoms with Gasteiger partial charge in [0.25, 0.3) is 0 Å². The van der Waals surface area contributed by atoms with Gasteiger partial charge in [0.2, 0.25) is 0 Å². The summed E-state index contributed by atoms with van der Waals surface area (Å²) in [5.41, 5.74) is 2.74. The Labute approximate surface area is 81.3 Å². The van der Waals surface area contributed by atoms with Gasteiger partial charge < -0.3 is 0 Å². The Morgan fingerprint density at radius 1 is 1.50 bits per heavy atom. The molecule has 2 heteroatoms. The summed E-state index contributed by atoms with van der Waals surface area (Å²) in [6.45, 7) is 2.26. The Bertz CT molecular complexity index is 296. The van der Waals surface area contributed by atoms with Crippen LogP contribution < -0.4 is 0 Å².